The predicted molar refractivity (Wildman–Crippen MR) is 175 cm³/mol. The standard InChI is InChI=1S/C30H34Cl2N6O4S2/c1-4-42-28-24(19-33-29(35-28)43-2)27-34-25(20-5-9-22(31)10-6-20)26(21-7-11-23(32)12-8-21)38(27)30(39)37-15-13-36(14-16-37)17-18-44(3,40)41/h5-12,19,25-26H,4,13-18H2,1-3H3/t25-,26+/m1/s1. The van der Waals surface area contributed by atoms with E-state index < -0.39 is 21.9 Å². The number of aromatic nitrogens is 2. The molecule has 1 fully saturated rings. The van der Waals surface area contributed by atoms with E-state index in [0.29, 0.717) is 71.8 Å². The van der Waals surface area contributed by atoms with Gasteiger partial charge in [-0.15, -0.1) is 0 Å². The molecule has 10 nitrogen and oxygen atoms in total. The third-order valence-electron chi connectivity index (χ3n) is 7.55. The molecule has 0 unspecified atom stereocenters. The number of carbonyl (C=O) groups excluding carboxylic acids is 1. The number of sulfone groups is 1. The second kappa shape index (κ2) is 14.0. The molecule has 3 aromatic rings. The fourth-order valence-corrected chi connectivity index (χ4v) is 6.49. The van der Waals surface area contributed by atoms with Gasteiger partial charge in [-0.2, -0.15) is 4.98 Å². The molecule has 0 N–H and O–H groups in total. The number of hydrogen-bond donors (Lipinski definition) is 0. The molecule has 14 heteroatoms. The number of hydrogen-bond acceptors (Lipinski definition) is 9. The first-order chi connectivity index (χ1) is 21.1. The SMILES string of the molecule is CCOc1nc(SC)ncc1C1=N[C@H](c2ccc(Cl)cc2)[C@H](c2ccc(Cl)cc2)N1C(=O)N1CCN(CCS(C)(=O)=O)CC1. The Balaban J connectivity index is 1.58. The highest BCUT2D eigenvalue weighted by Gasteiger charge is 2.45. The van der Waals surface area contributed by atoms with Crippen LogP contribution in [0.15, 0.2) is 64.9 Å². The third-order valence-corrected chi connectivity index (χ3v) is 9.54. The molecule has 1 aromatic heterocycles. The van der Waals surface area contributed by atoms with E-state index in [1.807, 2.05) is 49.6 Å². The Kier molecular flexibility index (Phi) is 10.4. The van der Waals surface area contributed by atoms with Crippen LogP contribution in [0.3, 0.4) is 0 Å². The van der Waals surface area contributed by atoms with Crippen molar-refractivity contribution in [3.8, 4) is 5.88 Å². The maximum absolute atomic E-state index is 14.6. The van der Waals surface area contributed by atoms with Crippen LogP contribution in [0.25, 0.3) is 0 Å². The summed E-state index contributed by atoms with van der Waals surface area (Å²) in [5.41, 5.74) is 2.25. The largest absolute Gasteiger partial charge is 0.477 e. The van der Waals surface area contributed by atoms with Gasteiger partial charge in [0.25, 0.3) is 0 Å². The van der Waals surface area contributed by atoms with Crippen molar-refractivity contribution in [2.24, 2.45) is 4.99 Å². The van der Waals surface area contributed by atoms with Crippen LogP contribution in [0.4, 0.5) is 4.79 Å². The highest BCUT2D eigenvalue weighted by atomic mass is 35.5. The lowest BCUT2D eigenvalue weighted by Crippen LogP contribution is -2.54. The molecule has 3 heterocycles. The number of benzene rings is 2. The first-order valence-corrected chi connectivity index (χ1v) is 18.2. The Hall–Kier alpha value is -2.90. The van der Waals surface area contributed by atoms with Crippen LogP contribution in [-0.4, -0.2) is 103 Å². The first-order valence-electron chi connectivity index (χ1n) is 14.2. The predicted octanol–water partition coefficient (Wildman–Crippen LogP) is 5.23. The molecule has 0 saturated carbocycles. The van der Waals surface area contributed by atoms with Crippen molar-refractivity contribution in [2.45, 2.75) is 24.2 Å². The summed E-state index contributed by atoms with van der Waals surface area (Å²) < 4.78 is 29.4. The normalized spacial score (nSPS) is 19.2. The molecule has 5 rings (SSSR count). The summed E-state index contributed by atoms with van der Waals surface area (Å²) in [6, 6.07) is 13.7. The molecule has 2 aliphatic rings. The van der Waals surface area contributed by atoms with E-state index in [9.17, 15) is 13.2 Å². The molecule has 0 radical (unpaired) electrons. The number of nitrogens with zero attached hydrogens (tertiary/aromatic N) is 6. The summed E-state index contributed by atoms with van der Waals surface area (Å²) >= 11 is 13.9. The highest BCUT2D eigenvalue weighted by Crippen LogP contribution is 2.45. The Labute approximate surface area is 272 Å². The van der Waals surface area contributed by atoms with Gasteiger partial charge in [0, 0.05) is 55.2 Å². The van der Waals surface area contributed by atoms with Gasteiger partial charge in [0.2, 0.25) is 5.88 Å². The van der Waals surface area contributed by atoms with Crippen LogP contribution in [0.5, 0.6) is 5.88 Å². The Bertz CT molecular complexity index is 1620. The van der Waals surface area contributed by atoms with E-state index in [2.05, 4.69) is 14.9 Å². The lowest BCUT2D eigenvalue weighted by Gasteiger charge is -2.39. The monoisotopic (exact) mass is 676 g/mol. The number of thioether (sulfide) groups is 1. The molecular formula is C30H34Cl2N6O4S2. The van der Waals surface area contributed by atoms with Gasteiger partial charge in [0.15, 0.2) is 5.16 Å². The summed E-state index contributed by atoms with van der Waals surface area (Å²) in [6.07, 6.45) is 4.78. The first kappa shape index (κ1) is 32.5. The average Bonchev–Trinajstić information content (AvgIpc) is 3.40. The molecule has 44 heavy (non-hydrogen) atoms. The molecular weight excluding hydrogens is 643 g/mol. The Morgan fingerprint density at radius 1 is 1.00 bits per heavy atom. The van der Waals surface area contributed by atoms with Crippen molar-refractivity contribution in [2.75, 3.05) is 57.6 Å². The van der Waals surface area contributed by atoms with Crippen molar-refractivity contribution in [1.82, 2.24) is 24.7 Å². The third kappa shape index (κ3) is 7.48. The summed E-state index contributed by atoms with van der Waals surface area (Å²) in [5, 5.41) is 1.72. The Morgan fingerprint density at radius 2 is 1.61 bits per heavy atom. The van der Waals surface area contributed by atoms with Crippen LogP contribution in [0.1, 0.15) is 35.7 Å². The van der Waals surface area contributed by atoms with E-state index in [-0.39, 0.29) is 11.8 Å². The average molecular weight is 678 g/mol. The van der Waals surface area contributed by atoms with Gasteiger partial charge >= 0.3 is 6.03 Å². The molecule has 2 aliphatic heterocycles. The van der Waals surface area contributed by atoms with E-state index in [0.717, 1.165) is 11.1 Å². The summed E-state index contributed by atoms with van der Waals surface area (Å²) in [7, 11) is -3.08. The van der Waals surface area contributed by atoms with E-state index in [1.165, 1.54) is 18.0 Å². The zero-order valence-corrected chi connectivity index (χ0v) is 27.8. The number of halogens is 2. The van der Waals surface area contributed by atoms with Crippen molar-refractivity contribution in [3.63, 3.8) is 0 Å². The zero-order valence-electron chi connectivity index (χ0n) is 24.7. The summed E-state index contributed by atoms with van der Waals surface area (Å²) in [6.45, 7) is 4.67. The van der Waals surface area contributed by atoms with Crippen LogP contribution in [-0.2, 0) is 9.84 Å². The van der Waals surface area contributed by atoms with Crippen molar-refractivity contribution in [1.29, 1.82) is 0 Å². The maximum Gasteiger partial charge on any atom is 0.326 e. The smallest absolute Gasteiger partial charge is 0.326 e. The topological polar surface area (TPSA) is 108 Å². The van der Waals surface area contributed by atoms with Gasteiger partial charge < -0.3 is 9.64 Å². The molecule has 1 saturated heterocycles. The fourth-order valence-electron chi connectivity index (χ4n) is 5.31. The van der Waals surface area contributed by atoms with Crippen molar-refractivity contribution < 1.29 is 17.9 Å². The molecule has 2 atom stereocenters. The van der Waals surface area contributed by atoms with Crippen LogP contribution < -0.4 is 4.74 Å². The molecule has 2 amide bonds. The number of piperazine rings is 1. The van der Waals surface area contributed by atoms with Gasteiger partial charge in [-0.05, 0) is 48.6 Å². The molecule has 2 aromatic carbocycles. The minimum Gasteiger partial charge on any atom is -0.477 e. The highest BCUT2D eigenvalue weighted by molar-refractivity contribution is 7.98. The number of urea groups is 1. The second-order valence-electron chi connectivity index (χ2n) is 10.6. The summed E-state index contributed by atoms with van der Waals surface area (Å²) in [4.78, 5) is 34.5. The minimum atomic E-state index is -3.08. The van der Waals surface area contributed by atoms with Gasteiger partial charge in [0.05, 0.1) is 24.0 Å². The molecule has 0 aliphatic carbocycles. The van der Waals surface area contributed by atoms with Gasteiger partial charge in [-0.3, -0.25) is 14.8 Å². The van der Waals surface area contributed by atoms with Gasteiger partial charge in [-0.1, -0.05) is 59.2 Å². The lowest BCUT2D eigenvalue weighted by atomic mass is 9.94. The minimum absolute atomic E-state index is 0.0809. The van der Waals surface area contributed by atoms with Crippen molar-refractivity contribution in [3.05, 3.63) is 81.5 Å². The van der Waals surface area contributed by atoms with E-state index >= 15 is 0 Å². The molecule has 234 valence electrons. The van der Waals surface area contributed by atoms with E-state index in [4.69, 9.17) is 32.9 Å². The number of amidine groups is 1. The van der Waals surface area contributed by atoms with Crippen LogP contribution in [0.2, 0.25) is 10.0 Å². The molecule has 0 bridgehead atoms. The van der Waals surface area contributed by atoms with Crippen molar-refractivity contribution >= 4 is 56.7 Å². The number of ether oxygens (including phenoxy) is 1. The molecule has 0 spiro atoms. The number of rotatable bonds is 9. The van der Waals surface area contributed by atoms with Crippen LogP contribution >= 0.6 is 35.0 Å². The zero-order chi connectivity index (χ0) is 31.4. The van der Waals surface area contributed by atoms with Gasteiger partial charge in [0.1, 0.15) is 21.7 Å². The number of amides is 2. The lowest BCUT2D eigenvalue weighted by molar-refractivity contribution is 0.122. The Morgan fingerprint density at radius 3 is 2.18 bits per heavy atom. The fraction of sp³-hybridized carbons (Fsp3) is 0.400. The van der Waals surface area contributed by atoms with E-state index in [1.54, 1.807) is 28.1 Å². The number of carbonyl (C=O) groups is 1. The summed E-state index contributed by atoms with van der Waals surface area (Å²) in [5.74, 6) is 0.837. The van der Waals surface area contributed by atoms with Gasteiger partial charge in [-0.25, -0.2) is 18.2 Å². The van der Waals surface area contributed by atoms with Crippen LogP contribution in [0, 0.1) is 0 Å². The quantitative estimate of drug-likeness (QED) is 0.224. The second-order valence-corrected chi connectivity index (χ2v) is 14.5. The maximum atomic E-state index is 14.6. The number of aliphatic imine (C=N–C) groups is 1.